The van der Waals surface area contributed by atoms with Crippen molar-refractivity contribution in [3.63, 3.8) is 0 Å². The predicted molar refractivity (Wildman–Crippen MR) is 90.2 cm³/mol. The van der Waals surface area contributed by atoms with E-state index in [2.05, 4.69) is 4.98 Å². The van der Waals surface area contributed by atoms with Crippen LogP contribution >= 0.6 is 0 Å². The van der Waals surface area contributed by atoms with Crippen molar-refractivity contribution in [1.29, 1.82) is 0 Å². The molecule has 1 saturated carbocycles. The Labute approximate surface area is 138 Å². The van der Waals surface area contributed by atoms with Crippen LogP contribution in [-0.2, 0) is 0 Å². The first kappa shape index (κ1) is 16.6. The summed E-state index contributed by atoms with van der Waals surface area (Å²) >= 11 is 0. The number of rotatable bonds is 1. The van der Waals surface area contributed by atoms with E-state index in [0.717, 1.165) is 17.2 Å². The zero-order chi connectivity index (χ0) is 17.3. The van der Waals surface area contributed by atoms with Crippen molar-refractivity contribution in [1.82, 2.24) is 4.98 Å². The molecule has 3 aromatic rings. The highest BCUT2D eigenvalue weighted by molar-refractivity contribution is 5.90. The molecule has 1 fully saturated rings. The third-order valence-electron chi connectivity index (χ3n) is 4.37. The fourth-order valence-corrected chi connectivity index (χ4v) is 2.69. The van der Waals surface area contributed by atoms with Crippen molar-refractivity contribution >= 4 is 10.9 Å². The first-order valence-corrected chi connectivity index (χ1v) is 7.94. The molecule has 126 valence electrons. The van der Waals surface area contributed by atoms with E-state index in [9.17, 15) is 13.2 Å². The van der Waals surface area contributed by atoms with Gasteiger partial charge in [0.15, 0.2) is 0 Å². The van der Waals surface area contributed by atoms with Crippen LogP contribution in [0.4, 0.5) is 13.2 Å². The molecule has 1 aliphatic rings. The minimum atomic E-state index is -0.633. The van der Waals surface area contributed by atoms with Gasteiger partial charge in [-0.05, 0) is 61.2 Å². The van der Waals surface area contributed by atoms with Gasteiger partial charge in [0.25, 0.3) is 0 Å². The summed E-state index contributed by atoms with van der Waals surface area (Å²) in [4.78, 5) is 2.93. The summed E-state index contributed by atoms with van der Waals surface area (Å²) in [5.41, 5.74) is 7.77. The van der Waals surface area contributed by atoms with Crippen LogP contribution in [0.3, 0.4) is 0 Å². The molecular weight excluding hydrogens is 313 g/mol. The van der Waals surface area contributed by atoms with Gasteiger partial charge in [-0.1, -0.05) is 6.42 Å². The second-order valence-corrected chi connectivity index (χ2v) is 6.13. The van der Waals surface area contributed by atoms with Crippen molar-refractivity contribution in [3.8, 4) is 11.3 Å². The Kier molecular flexibility index (Phi) is 4.62. The van der Waals surface area contributed by atoms with Gasteiger partial charge in [0.2, 0.25) is 0 Å². The van der Waals surface area contributed by atoms with Crippen molar-refractivity contribution in [3.05, 3.63) is 59.4 Å². The van der Waals surface area contributed by atoms with E-state index in [-0.39, 0.29) is 11.3 Å². The minimum absolute atomic E-state index is 0.262. The summed E-state index contributed by atoms with van der Waals surface area (Å²) in [7, 11) is 0. The molecule has 2 nitrogen and oxygen atoms in total. The largest absolute Gasteiger partial charge is 0.352 e. The van der Waals surface area contributed by atoms with Crippen molar-refractivity contribution in [2.45, 2.75) is 32.2 Å². The lowest BCUT2D eigenvalue weighted by molar-refractivity contribution is 0.418. The molecule has 1 heterocycles. The SMILES string of the molecule is Cc1c(-c2ccc(F)cc2)[nH]c2c(F)cc(F)cc12.NC1CCC1. The number of nitrogens with one attached hydrogen (secondary N) is 1. The highest BCUT2D eigenvalue weighted by Crippen LogP contribution is 2.31. The molecule has 0 radical (unpaired) electrons. The molecule has 2 aromatic carbocycles. The molecule has 3 N–H and O–H groups in total. The van der Waals surface area contributed by atoms with E-state index in [4.69, 9.17) is 5.73 Å². The molecule has 24 heavy (non-hydrogen) atoms. The summed E-state index contributed by atoms with van der Waals surface area (Å²) < 4.78 is 39.8. The fraction of sp³-hybridized carbons (Fsp3) is 0.263. The average Bonchev–Trinajstić information content (AvgIpc) is 2.84. The van der Waals surface area contributed by atoms with E-state index in [1.807, 2.05) is 0 Å². The topological polar surface area (TPSA) is 41.8 Å². The maximum Gasteiger partial charge on any atom is 0.150 e. The van der Waals surface area contributed by atoms with Crippen molar-refractivity contribution < 1.29 is 13.2 Å². The maximum atomic E-state index is 13.7. The summed E-state index contributed by atoms with van der Waals surface area (Å²) in [6.45, 7) is 1.77. The number of aromatic amines is 1. The van der Waals surface area contributed by atoms with Crippen LogP contribution in [0.25, 0.3) is 22.2 Å². The van der Waals surface area contributed by atoms with Gasteiger partial charge in [0, 0.05) is 23.2 Å². The van der Waals surface area contributed by atoms with Gasteiger partial charge in [-0.15, -0.1) is 0 Å². The molecule has 4 rings (SSSR count). The van der Waals surface area contributed by atoms with Crippen molar-refractivity contribution in [2.24, 2.45) is 5.73 Å². The molecule has 0 amide bonds. The Hall–Kier alpha value is -2.27. The van der Waals surface area contributed by atoms with Gasteiger partial charge in [-0.2, -0.15) is 0 Å². The van der Waals surface area contributed by atoms with Gasteiger partial charge >= 0.3 is 0 Å². The van der Waals surface area contributed by atoms with Crippen LogP contribution < -0.4 is 5.73 Å². The first-order valence-electron chi connectivity index (χ1n) is 7.94. The molecule has 0 spiro atoms. The molecule has 0 bridgehead atoms. The molecule has 1 aliphatic carbocycles. The van der Waals surface area contributed by atoms with Gasteiger partial charge in [-0.25, -0.2) is 13.2 Å². The number of benzene rings is 2. The molecular formula is C19H19F3N2. The second kappa shape index (κ2) is 6.69. The van der Waals surface area contributed by atoms with Crippen molar-refractivity contribution in [2.75, 3.05) is 0 Å². The number of nitrogens with two attached hydrogens (primary N) is 1. The Morgan fingerprint density at radius 3 is 2.17 bits per heavy atom. The zero-order valence-electron chi connectivity index (χ0n) is 13.4. The normalized spacial score (nSPS) is 14.2. The van der Waals surface area contributed by atoms with Gasteiger partial charge < -0.3 is 10.7 Å². The van der Waals surface area contributed by atoms with E-state index >= 15 is 0 Å². The van der Waals surface area contributed by atoms with Gasteiger partial charge in [0.1, 0.15) is 17.5 Å². The lowest BCUT2D eigenvalue weighted by Crippen LogP contribution is -2.27. The van der Waals surface area contributed by atoms with E-state index in [1.54, 1.807) is 19.1 Å². The number of H-pyrrole nitrogens is 1. The average molecular weight is 332 g/mol. The Balaban J connectivity index is 0.000000290. The molecule has 0 saturated heterocycles. The second-order valence-electron chi connectivity index (χ2n) is 6.13. The Bertz CT molecular complexity index is 849. The molecule has 0 aliphatic heterocycles. The van der Waals surface area contributed by atoms with Crippen LogP contribution in [0.15, 0.2) is 36.4 Å². The number of aromatic nitrogens is 1. The fourth-order valence-electron chi connectivity index (χ4n) is 2.69. The standard InChI is InChI=1S/C15H10F3N.C4H9N/c1-8-12-6-11(17)7-13(18)15(12)19-14(8)9-2-4-10(16)5-3-9;5-4-2-1-3-4/h2-7,19H,1H3;4H,1-3,5H2. The van der Waals surface area contributed by atoms with Crippen LogP contribution in [-0.4, -0.2) is 11.0 Å². The summed E-state index contributed by atoms with van der Waals surface area (Å²) in [6, 6.07) is 8.55. The van der Waals surface area contributed by atoms with Crippen LogP contribution in [0, 0.1) is 24.4 Å². The van der Waals surface area contributed by atoms with Crippen LogP contribution in [0.5, 0.6) is 0 Å². The molecule has 1 aromatic heterocycles. The Morgan fingerprint density at radius 2 is 1.62 bits per heavy atom. The van der Waals surface area contributed by atoms with E-state index in [0.29, 0.717) is 17.1 Å². The van der Waals surface area contributed by atoms with Crippen LogP contribution in [0.2, 0.25) is 0 Å². The zero-order valence-corrected chi connectivity index (χ0v) is 13.4. The van der Waals surface area contributed by atoms with Gasteiger partial charge in [-0.3, -0.25) is 0 Å². The smallest absolute Gasteiger partial charge is 0.150 e. The monoisotopic (exact) mass is 332 g/mol. The lowest BCUT2D eigenvalue weighted by Gasteiger charge is -2.18. The third-order valence-corrected chi connectivity index (χ3v) is 4.37. The number of halogens is 3. The number of fused-ring (bicyclic) bond motifs is 1. The van der Waals surface area contributed by atoms with Crippen LogP contribution in [0.1, 0.15) is 24.8 Å². The quantitative estimate of drug-likeness (QED) is 0.643. The highest BCUT2D eigenvalue weighted by Gasteiger charge is 2.14. The number of aryl methyl sites for hydroxylation is 1. The summed E-state index contributed by atoms with van der Waals surface area (Å²) in [5.74, 6) is -1.58. The Morgan fingerprint density at radius 1 is 1.00 bits per heavy atom. The lowest BCUT2D eigenvalue weighted by atomic mass is 9.95. The van der Waals surface area contributed by atoms with Gasteiger partial charge in [0.05, 0.1) is 5.52 Å². The molecule has 0 unspecified atom stereocenters. The summed E-state index contributed by atoms with van der Waals surface area (Å²) in [5, 5.41) is 0.497. The molecule has 0 atom stereocenters. The third kappa shape index (κ3) is 3.31. The predicted octanol–water partition coefficient (Wildman–Crippen LogP) is 5.06. The first-order chi connectivity index (χ1) is 11.5. The highest BCUT2D eigenvalue weighted by atomic mass is 19.1. The maximum absolute atomic E-state index is 13.7. The van der Waals surface area contributed by atoms with E-state index in [1.165, 1.54) is 37.5 Å². The minimum Gasteiger partial charge on any atom is -0.352 e. The number of hydrogen-bond acceptors (Lipinski definition) is 1. The summed E-state index contributed by atoms with van der Waals surface area (Å²) in [6.07, 6.45) is 3.89. The number of hydrogen-bond donors (Lipinski definition) is 2. The molecule has 5 heteroatoms. The van der Waals surface area contributed by atoms with E-state index < -0.39 is 11.6 Å².